The standard InChI is InChI=1S/C16H20O2/c1-9(2)13-5-10(3)6-14(13)16-11(4)7-12(17)8-15(16)18/h6-8,13-14,17-18H,1,5H2,2-4H3/t13-,14+/m0/s1. The summed E-state index contributed by atoms with van der Waals surface area (Å²) in [6.07, 6.45) is 3.21. The lowest BCUT2D eigenvalue weighted by Gasteiger charge is -2.22. The molecule has 0 saturated carbocycles. The van der Waals surface area contributed by atoms with Gasteiger partial charge in [-0.2, -0.15) is 0 Å². The first-order valence-corrected chi connectivity index (χ1v) is 6.25. The van der Waals surface area contributed by atoms with Crippen molar-refractivity contribution in [2.45, 2.75) is 33.1 Å². The highest BCUT2D eigenvalue weighted by Gasteiger charge is 2.30. The second kappa shape index (κ2) is 4.52. The van der Waals surface area contributed by atoms with Gasteiger partial charge in [0.25, 0.3) is 0 Å². The average molecular weight is 244 g/mol. The Hall–Kier alpha value is -1.70. The summed E-state index contributed by atoms with van der Waals surface area (Å²) in [4.78, 5) is 0. The predicted molar refractivity (Wildman–Crippen MR) is 73.9 cm³/mol. The number of rotatable bonds is 2. The zero-order chi connectivity index (χ0) is 13.4. The van der Waals surface area contributed by atoms with Crippen LogP contribution in [0.1, 0.15) is 37.3 Å². The SMILES string of the molecule is C=C(C)[C@@H]1CC(C)=C[C@H]1c1c(C)cc(O)cc1O. The van der Waals surface area contributed by atoms with Gasteiger partial charge in [0, 0.05) is 17.5 Å². The lowest BCUT2D eigenvalue weighted by molar-refractivity contribution is 0.438. The van der Waals surface area contributed by atoms with Crippen molar-refractivity contribution in [3.05, 3.63) is 47.1 Å². The molecule has 1 aliphatic carbocycles. The van der Waals surface area contributed by atoms with E-state index < -0.39 is 0 Å². The zero-order valence-corrected chi connectivity index (χ0v) is 11.2. The summed E-state index contributed by atoms with van der Waals surface area (Å²) in [5.41, 5.74) is 4.31. The second-order valence-electron chi connectivity index (χ2n) is 5.39. The number of phenolic OH excluding ortho intramolecular Hbond substituents is 2. The maximum atomic E-state index is 10.1. The summed E-state index contributed by atoms with van der Waals surface area (Å²) in [7, 11) is 0. The fourth-order valence-electron chi connectivity index (χ4n) is 2.92. The molecule has 96 valence electrons. The van der Waals surface area contributed by atoms with Crippen molar-refractivity contribution < 1.29 is 10.2 Å². The van der Waals surface area contributed by atoms with Crippen LogP contribution < -0.4 is 0 Å². The van der Waals surface area contributed by atoms with Crippen LogP contribution in [-0.2, 0) is 0 Å². The van der Waals surface area contributed by atoms with Crippen molar-refractivity contribution in [1.29, 1.82) is 0 Å². The van der Waals surface area contributed by atoms with Gasteiger partial charge in [-0.1, -0.05) is 23.8 Å². The second-order valence-corrected chi connectivity index (χ2v) is 5.39. The van der Waals surface area contributed by atoms with Crippen LogP contribution in [0.4, 0.5) is 0 Å². The molecule has 0 aliphatic heterocycles. The van der Waals surface area contributed by atoms with Gasteiger partial charge in [-0.05, 0) is 44.7 Å². The Labute approximate surface area is 108 Å². The van der Waals surface area contributed by atoms with Crippen molar-refractivity contribution in [2.75, 3.05) is 0 Å². The third-order valence-electron chi connectivity index (χ3n) is 3.76. The van der Waals surface area contributed by atoms with Crippen LogP contribution in [0, 0.1) is 12.8 Å². The molecule has 1 aliphatic rings. The molecule has 2 nitrogen and oxygen atoms in total. The third kappa shape index (κ3) is 2.15. The van der Waals surface area contributed by atoms with Crippen molar-refractivity contribution in [3.63, 3.8) is 0 Å². The summed E-state index contributed by atoms with van der Waals surface area (Å²) >= 11 is 0. The molecule has 1 aromatic rings. The molecular weight excluding hydrogens is 224 g/mol. The average Bonchev–Trinajstić information content (AvgIpc) is 2.58. The van der Waals surface area contributed by atoms with Gasteiger partial charge >= 0.3 is 0 Å². The minimum Gasteiger partial charge on any atom is -0.508 e. The molecule has 0 saturated heterocycles. The van der Waals surface area contributed by atoms with E-state index in [1.54, 1.807) is 6.07 Å². The monoisotopic (exact) mass is 244 g/mol. The van der Waals surface area contributed by atoms with E-state index in [0.717, 1.165) is 23.1 Å². The van der Waals surface area contributed by atoms with Gasteiger partial charge in [-0.3, -0.25) is 0 Å². The summed E-state index contributed by atoms with van der Waals surface area (Å²) in [6.45, 7) is 10.1. The Morgan fingerprint density at radius 1 is 1.28 bits per heavy atom. The van der Waals surface area contributed by atoms with Gasteiger partial charge < -0.3 is 10.2 Å². The number of aryl methyl sites for hydroxylation is 1. The minimum atomic E-state index is 0.110. The Bertz CT molecular complexity index is 503. The number of hydrogen-bond donors (Lipinski definition) is 2. The van der Waals surface area contributed by atoms with E-state index in [4.69, 9.17) is 0 Å². The maximum Gasteiger partial charge on any atom is 0.123 e. The lowest BCUT2D eigenvalue weighted by atomic mass is 9.82. The van der Waals surface area contributed by atoms with Crippen molar-refractivity contribution in [2.24, 2.45) is 5.92 Å². The van der Waals surface area contributed by atoms with Crippen LogP contribution in [0.3, 0.4) is 0 Å². The summed E-state index contributed by atoms with van der Waals surface area (Å²) in [6, 6.07) is 3.12. The number of hydrogen-bond acceptors (Lipinski definition) is 2. The predicted octanol–water partition coefficient (Wildman–Crippen LogP) is 4.03. The summed E-state index contributed by atoms with van der Waals surface area (Å²) < 4.78 is 0. The molecule has 0 unspecified atom stereocenters. The molecule has 0 fully saturated rings. The van der Waals surface area contributed by atoms with Gasteiger partial charge in [-0.25, -0.2) is 0 Å². The maximum absolute atomic E-state index is 10.1. The van der Waals surface area contributed by atoms with Crippen molar-refractivity contribution in [3.8, 4) is 11.5 Å². The number of benzene rings is 1. The van der Waals surface area contributed by atoms with Crippen molar-refractivity contribution >= 4 is 0 Å². The largest absolute Gasteiger partial charge is 0.508 e. The minimum absolute atomic E-state index is 0.110. The Morgan fingerprint density at radius 3 is 2.50 bits per heavy atom. The molecule has 0 radical (unpaired) electrons. The first-order valence-electron chi connectivity index (χ1n) is 6.25. The Kier molecular flexibility index (Phi) is 3.20. The molecule has 0 aromatic heterocycles. The van der Waals surface area contributed by atoms with Gasteiger partial charge in [0.05, 0.1) is 0 Å². The van der Waals surface area contributed by atoms with E-state index in [0.29, 0.717) is 5.92 Å². The van der Waals surface area contributed by atoms with Crippen molar-refractivity contribution in [1.82, 2.24) is 0 Å². The Balaban J connectivity index is 2.51. The highest BCUT2D eigenvalue weighted by atomic mass is 16.3. The van der Waals surface area contributed by atoms with E-state index in [9.17, 15) is 10.2 Å². The van der Waals surface area contributed by atoms with E-state index in [-0.39, 0.29) is 17.4 Å². The molecule has 0 amide bonds. The van der Waals surface area contributed by atoms with Crippen LogP contribution in [0.25, 0.3) is 0 Å². The van der Waals surface area contributed by atoms with Crippen LogP contribution in [-0.4, -0.2) is 10.2 Å². The molecule has 2 heteroatoms. The third-order valence-corrected chi connectivity index (χ3v) is 3.76. The quantitative estimate of drug-likeness (QED) is 0.771. The summed E-state index contributed by atoms with van der Waals surface area (Å²) in [5, 5.41) is 19.6. The van der Waals surface area contributed by atoms with E-state index >= 15 is 0 Å². The number of phenols is 2. The molecule has 0 bridgehead atoms. The van der Waals surface area contributed by atoms with E-state index in [2.05, 4.69) is 19.6 Å². The van der Waals surface area contributed by atoms with Gasteiger partial charge in [0.2, 0.25) is 0 Å². The molecule has 0 spiro atoms. The fraction of sp³-hybridized carbons (Fsp3) is 0.375. The lowest BCUT2D eigenvalue weighted by Crippen LogP contribution is -2.09. The first-order chi connectivity index (χ1) is 8.40. The van der Waals surface area contributed by atoms with Crippen LogP contribution >= 0.6 is 0 Å². The zero-order valence-electron chi connectivity index (χ0n) is 11.2. The normalized spacial score (nSPS) is 22.9. The molecule has 2 N–H and O–H groups in total. The van der Waals surface area contributed by atoms with Crippen LogP contribution in [0.15, 0.2) is 35.9 Å². The van der Waals surface area contributed by atoms with Gasteiger partial charge in [0.15, 0.2) is 0 Å². The Morgan fingerprint density at radius 2 is 1.94 bits per heavy atom. The fourth-order valence-corrected chi connectivity index (χ4v) is 2.92. The summed E-state index contributed by atoms with van der Waals surface area (Å²) in [5.74, 6) is 0.802. The molecule has 0 heterocycles. The van der Waals surface area contributed by atoms with Crippen LogP contribution in [0.5, 0.6) is 11.5 Å². The highest BCUT2D eigenvalue weighted by molar-refractivity contribution is 5.50. The van der Waals surface area contributed by atoms with E-state index in [1.165, 1.54) is 11.6 Å². The smallest absolute Gasteiger partial charge is 0.123 e. The topological polar surface area (TPSA) is 40.5 Å². The number of aromatic hydroxyl groups is 2. The molecule has 18 heavy (non-hydrogen) atoms. The molecular formula is C16H20O2. The van der Waals surface area contributed by atoms with Crippen LogP contribution in [0.2, 0.25) is 0 Å². The molecule has 1 aromatic carbocycles. The van der Waals surface area contributed by atoms with Gasteiger partial charge in [0.1, 0.15) is 11.5 Å². The molecule has 2 atom stereocenters. The van der Waals surface area contributed by atoms with E-state index in [1.807, 2.05) is 13.8 Å². The van der Waals surface area contributed by atoms with Gasteiger partial charge in [-0.15, -0.1) is 0 Å². The molecule has 2 rings (SSSR count). The number of allylic oxidation sites excluding steroid dienone is 3. The first kappa shape index (κ1) is 12.7. The highest BCUT2D eigenvalue weighted by Crippen LogP contribution is 2.46.